The molecule has 188 valence electrons. The molecule has 8 nitrogen and oxygen atoms in total. The van der Waals surface area contributed by atoms with E-state index in [-0.39, 0.29) is 17.8 Å². The summed E-state index contributed by atoms with van der Waals surface area (Å²) in [4.78, 5) is 25.0. The molecule has 0 spiro atoms. The Balaban J connectivity index is 1.49. The minimum Gasteiger partial charge on any atom is -0.495 e. The van der Waals surface area contributed by atoms with Crippen LogP contribution >= 0.6 is 22.9 Å². The number of thiazole rings is 1. The second-order valence-electron chi connectivity index (χ2n) is 7.87. The van der Waals surface area contributed by atoms with Crippen LogP contribution in [0.1, 0.15) is 40.8 Å². The zero-order valence-electron chi connectivity index (χ0n) is 19.5. The van der Waals surface area contributed by atoms with E-state index in [1.165, 1.54) is 41.4 Å². The highest BCUT2D eigenvalue weighted by atomic mass is 35.5. The molecule has 1 aliphatic carbocycles. The molecule has 1 amide bonds. The quantitative estimate of drug-likeness (QED) is 0.257. The number of nitrogens with one attached hydrogen (secondary N) is 1. The van der Waals surface area contributed by atoms with Crippen LogP contribution in [0.25, 0.3) is 12.2 Å². The number of aromatic nitrogens is 4. The van der Waals surface area contributed by atoms with Gasteiger partial charge >= 0.3 is 0 Å². The molecule has 1 N–H and O–H groups in total. The van der Waals surface area contributed by atoms with Crippen LogP contribution in [0.2, 0.25) is 5.15 Å². The van der Waals surface area contributed by atoms with E-state index in [1.54, 1.807) is 23.9 Å². The number of hydrogen-bond acceptors (Lipinski definition) is 6. The standard InChI is InChI=1S/C24H23ClF2N6O2S/c1-4-14(20(26)22(27)28-2)10-32-11-17(35-3)9-19(32)23(34)31-24-30-15(12-36-24)5-8-18-21(25)33(13-29-18)16-6-7-16/h4-5,8-9,11-13,16H,1,6-7,10H2,2-3H3,(H,30,31,34)/b8-5+,20-14-,28-22?. The molecule has 12 heteroatoms. The van der Waals surface area contributed by atoms with Gasteiger partial charge in [0.25, 0.3) is 5.91 Å². The first kappa shape index (κ1) is 25.5. The second-order valence-corrected chi connectivity index (χ2v) is 9.09. The van der Waals surface area contributed by atoms with E-state index in [1.807, 2.05) is 4.57 Å². The number of amides is 1. The zero-order chi connectivity index (χ0) is 25.8. The van der Waals surface area contributed by atoms with Gasteiger partial charge in [0, 0.05) is 36.3 Å². The summed E-state index contributed by atoms with van der Waals surface area (Å²) in [5.41, 5.74) is 1.36. The Bertz CT molecular complexity index is 1380. The summed E-state index contributed by atoms with van der Waals surface area (Å²) in [6, 6.07) is 1.92. The number of allylic oxidation sites excluding steroid dienone is 3. The van der Waals surface area contributed by atoms with E-state index < -0.39 is 17.7 Å². The Morgan fingerprint density at radius 1 is 1.42 bits per heavy atom. The van der Waals surface area contributed by atoms with Crippen molar-refractivity contribution < 1.29 is 18.3 Å². The first-order valence-electron chi connectivity index (χ1n) is 10.9. The average molecular weight is 533 g/mol. The molecule has 3 aromatic heterocycles. The van der Waals surface area contributed by atoms with E-state index in [0.29, 0.717) is 33.5 Å². The van der Waals surface area contributed by atoms with E-state index in [9.17, 15) is 13.6 Å². The predicted octanol–water partition coefficient (Wildman–Crippen LogP) is 5.97. The number of aliphatic imine (C=N–C) groups is 1. The molecule has 3 heterocycles. The van der Waals surface area contributed by atoms with Crippen molar-refractivity contribution in [1.82, 2.24) is 19.1 Å². The van der Waals surface area contributed by atoms with E-state index >= 15 is 0 Å². The van der Waals surface area contributed by atoms with Gasteiger partial charge in [0.05, 0.1) is 25.7 Å². The maximum atomic E-state index is 14.3. The van der Waals surface area contributed by atoms with Gasteiger partial charge in [-0.3, -0.25) is 15.1 Å². The third-order valence-electron chi connectivity index (χ3n) is 5.44. The van der Waals surface area contributed by atoms with E-state index in [4.69, 9.17) is 16.3 Å². The number of methoxy groups -OCH3 is 1. The highest BCUT2D eigenvalue weighted by Crippen LogP contribution is 2.38. The molecular weight excluding hydrogens is 510 g/mol. The Morgan fingerprint density at radius 2 is 2.19 bits per heavy atom. The summed E-state index contributed by atoms with van der Waals surface area (Å²) in [5.74, 6) is -2.52. The van der Waals surface area contributed by atoms with Crippen molar-refractivity contribution >= 4 is 52.1 Å². The molecule has 0 radical (unpaired) electrons. The topological polar surface area (TPSA) is 86.3 Å². The van der Waals surface area contributed by atoms with Crippen LogP contribution in [-0.4, -0.2) is 45.1 Å². The van der Waals surface area contributed by atoms with Crippen LogP contribution < -0.4 is 10.1 Å². The number of hydrogen-bond donors (Lipinski definition) is 1. The fourth-order valence-electron chi connectivity index (χ4n) is 3.38. The maximum Gasteiger partial charge on any atom is 0.274 e. The Kier molecular flexibility index (Phi) is 7.80. The normalized spacial score (nSPS) is 14.8. The van der Waals surface area contributed by atoms with Crippen molar-refractivity contribution in [3.63, 3.8) is 0 Å². The molecule has 1 aliphatic rings. The first-order valence-corrected chi connectivity index (χ1v) is 12.2. The van der Waals surface area contributed by atoms with Crippen molar-refractivity contribution in [2.45, 2.75) is 25.4 Å². The molecule has 36 heavy (non-hydrogen) atoms. The van der Waals surface area contributed by atoms with Gasteiger partial charge < -0.3 is 13.9 Å². The van der Waals surface area contributed by atoms with Crippen molar-refractivity contribution in [1.29, 1.82) is 0 Å². The molecule has 4 rings (SSSR count). The fourth-order valence-corrected chi connectivity index (χ4v) is 4.35. The fraction of sp³-hybridized carbons (Fsp3) is 0.250. The zero-order valence-corrected chi connectivity index (χ0v) is 21.1. The van der Waals surface area contributed by atoms with Crippen LogP contribution in [0.5, 0.6) is 5.75 Å². The number of imidazole rings is 1. The molecule has 0 saturated heterocycles. The van der Waals surface area contributed by atoms with Gasteiger partial charge in [-0.2, -0.15) is 4.39 Å². The van der Waals surface area contributed by atoms with Gasteiger partial charge in [-0.05, 0) is 25.0 Å². The Hall–Kier alpha value is -3.57. The van der Waals surface area contributed by atoms with Crippen LogP contribution in [0.15, 0.2) is 53.0 Å². The lowest BCUT2D eigenvalue weighted by molar-refractivity contribution is 0.101. The van der Waals surface area contributed by atoms with Gasteiger partial charge in [-0.15, -0.1) is 11.3 Å². The summed E-state index contributed by atoms with van der Waals surface area (Å²) in [7, 11) is 2.58. The number of carbonyl (C=O) groups is 1. The van der Waals surface area contributed by atoms with Crippen molar-refractivity contribution in [3.05, 3.63) is 70.3 Å². The molecule has 1 fully saturated rings. The lowest BCUT2D eigenvalue weighted by Gasteiger charge is -2.10. The van der Waals surface area contributed by atoms with Crippen molar-refractivity contribution in [2.75, 3.05) is 19.5 Å². The smallest absolute Gasteiger partial charge is 0.274 e. The van der Waals surface area contributed by atoms with Gasteiger partial charge in [0.2, 0.25) is 5.97 Å². The van der Waals surface area contributed by atoms with Crippen molar-refractivity contribution in [2.24, 2.45) is 4.99 Å². The number of anilines is 1. The number of nitrogens with zero attached hydrogens (tertiary/aromatic N) is 5. The summed E-state index contributed by atoms with van der Waals surface area (Å²) in [6.45, 7) is 3.37. The molecule has 0 aromatic carbocycles. The molecule has 0 aliphatic heterocycles. The Labute approximate surface area is 215 Å². The average Bonchev–Trinajstić information content (AvgIpc) is 3.30. The monoisotopic (exact) mass is 532 g/mol. The predicted molar refractivity (Wildman–Crippen MR) is 138 cm³/mol. The molecule has 3 aromatic rings. The third kappa shape index (κ3) is 5.63. The summed E-state index contributed by atoms with van der Waals surface area (Å²) in [6.07, 6.45) is 10.2. The van der Waals surface area contributed by atoms with E-state index in [0.717, 1.165) is 19.9 Å². The van der Waals surface area contributed by atoms with Gasteiger partial charge in [-0.1, -0.05) is 24.3 Å². The minimum atomic E-state index is -1.25. The molecule has 0 atom stereocenters. The molecular formula is C24H23ClF2N6O2S. The maximum absolute atomic E-state index is 14.3. The highest BCUT2D eigenvalue weighted by molar-refractivity contribution is 7.14. The van der Waals surface area contributed by atoms with Crippen LogP contribution in [0.3, 0.4) is 0 Å². The molecule has 0 bridgehead atoms. The SMILES string of the molecule is C=C/C(Cn1cc(OC)cc1C(=O)Nc1nc(/C=C/c2ncn(C3CC3)c2Cl)cs1)=C(/F)C(F)=NC. The molecule has 0 unspecified atom stereocenters. The number of ether oxygens (including phenoxy) is 1. The van der Waals surface area contributed by atoms with Crippen LogP contribution in [-0.2, 0) is 6.54 Å². The first-order chi connectivity index (χ1) is 17.3. The second kappa shape index (κ2) is 11.0. The van der Waals surface area contributed by atoms with Crippen molar-refractivity contribution in [3.8, 4) is 5.75 Å². The number of rotatable bonds is 10. The van der Waals surface area contributed by atoms with Crippen LogP contribution in [0, 0.1) is 0 Å². The minimum absolute atomic E-state index is 0.0742. The van der Waals surface area contributed by atoms with Gasteiger partial charge in [-0.25, -0.2) is 14.4 Å². The highest BCUT2D eigenvalue weighted by Gasteiger charge is 2.26. The number of carbonyl (C=O) groups excluding carboxylic acids is 1. The summed E-state index contributed by atoms with van der Waals surface area (Å²) in [5, 5.41) is 5.44. The third-order valence-corrected chi connectivity index (χ3v) is 6.60. The van der Waals surface area contributed by atoms with Gasteiger partial charge in [0.15, 0.2) is 11.0 Å². The summed E-state index contributed by atoms with van der Waals surface area (Å²) >= 11 is 7.63. The Morgan fingerprint density at radius 3 is 2.86 bits per heavy atom. The van der Waals surface area contributed by atoms with E-state index in [2.05, 4.69) is 26.9 Å². The largest absolute Gasteiger partial charge is 0.495 e. The van der Waals surface area contributed by atoms with Crippen LogP contribution in [0.4, 0.5) is 13.9 Å². The number of halogens is 3. The lowest BCUT2D eigenvalue weighted by Crippen LogP contribution is -2.17. The summed E-state index contributed by atoms with van der Waals surface area (Å²) < 4.78 is 36.6. The van der Waals surface area contributed by atoms with Gasteiger partial charge in [0.1, 0.15) is 22.3 Å². The lowest BCUT2D eigenvalue weighted by atomic mass is 10.2. The molecule has 1 saturated carbocycles.